The predicted octanol–water partition coefficient (Wildman–Crippen LogP) is 5.45. The van der Waals surface area contributed by atoms with Crippen molar-refractivity contribution in [2.45, 2.75) is 5.92 Å². The molecule has 0 saturated carbocycles. The van der Waals surface area contributed by atoms with E-state index in [4.69, 9.17) is 0 Å². The first-order valence-electron chi connectivity index (χ1n) is 4.97. The summed E-state index contributed by atoms with van der Waals surface area (Å²) in [5, 5.41) is 0. The molecule has 0 atom stereocenters. The van der Waals surface area contributed by atoms with Gasteiger partial charge in [0.05, 0.1) is 0 Å². The summed E-state index contributed by atoms with van der Waals surface area (Å²) in [6.45, 7) is 0. The number of allylic oxidation sites excluding steroid dienone is 4. The Kier molecular flexibility index (Phi) is 3.99. The Bertz CT molecular complexity index is 476. The molecular weight excluding hydrogens is 333 g/mol. The van der Waals surface area contributed by atoms with Crippen LogP contribution in [-0.2, 0) is 16.0 Å². The van der Waals surface area contributed by atoms with Crippen LogP contribution in [0.3, 0.4) is 0 Å². The molecule has 0 aliphatic heterocycles. The molecular formula is C11H9F6FeP-. The Morgan fingerprint density at radius 1 is 0.789 bits per heavy atom. The molecule has 0 radical (unpaired) electrons. The monoisotopic (exact) mass is 342 g/mol. The van der Waals surface area contributed by atoms with Gasteiger partial charge in [-0.05, 0) is 0 Å². The third-order valence-electron chi connectivity index (χ3n) is 1.99. The fraction of sp³-hybridized carbons (Fsp3) is 0.0909. The van der Waals surface area contributed by atoms with Gasteiger partial charge in [0.15, 0.2) is 0 Å². The van der Waals surface area contributed by atoms with Crippen molar-refractivity contribution in [3.63, 3.8) is 0 Å². The van der Waals surface area contributed by atoms with E-state index in [9.17, 15) is 25.2 Å². The number of hydrogen-bond acceptors (Lipinski definition) is 0. The van der Waals surface area contributed by atoms with Gasteiger partial charge in [-0.2, -0.15) is 0 Å². The summed E-state index contributed by atoms with van der Waals surface area (Å²) in [7, 11) is -10.7. The zero-order valence-corrected chi connectivity index (χ0v) is 11.3. The molecule has 1 aliphatic carbocycles. The van der Waals surface area contributed by atoms with Crippen LogP contribution in [0, 0.1) is 0 Å². The summed E-state index contributed by atoms with van der Waals surface area (Å²) < 4.78 is 60.3. The number of hydrogen-bond donors (Lipinski definition) is 0. The molecule has 19 heavy (non-hydrogen) atoms. The zero-order chi connectivity index (χ0) is 14.8. The maximum atomic E-state index is 9.87. The Balaban J connectivity index is 0.000000224. The van der Waals surface area contributed by atoms with Crippen molar-refractivity contribution in [3.8, 4) is 0 Å². The van der Waals surface area contributed by atoms with E-state index in [1.54, 1.807) is 0 Å². The van der Waals surface area contributed by atoms with E-state index in [1.165, 1.54) is 5.56 Å². The molecule has 1 aromatic rings. The molecule has 0 saturated heterocycles. The average Bonchev–Trinajstić information content (AvgIpc) is 2.66. The van der Waals surface area contributed by atoms with Gasteiger partial charge in [0.2, 0.25) is 0 Å². The molecule has 0 N–H and O–H groups in total. The molecule has 8 heteroatoms. The average molecular weight is 342 g/mol. The third-order valence-corrected chi connectivity index (χ3v) is 2.36. The molecule has 0 fully saturated rings. The van der Waals surface area contributed by atoms with Gasteiger partial charge in [0, 0.05) is 0 Å². The normalized spacial score (nSPS) is 18.5. The Labute approximate surface area is 114 Å². The summed E-state index contributed by atoms with van der Waals surface area (Å²) in [5.74, 6) is 0.477. The van der Waals surface area contributed by atoms with Crippen molar-refractivity contribution < 1.29 is 41.2 Å². The van der Waals surface area contributed by atoms with E-state index in [0.29, 0.717) is 5.92 Å². The van der Waals surface area contributed by atoms with E-state index in [0.717, 1.165) is 4.46 Å². The molecule has 2 rings (SSSR count). The Morgan fingerprint density at radius 2 is 1.16 bits per heavy atom. The van der Waals surface area contributed by atoms with E-state index in [-0.39, 0.29) is 0 Å². The molecule has 1 aliphatic rings. The molecule has 0 spiro atoms. The summed E-state index contributed by atoms with van der Waals surface area (Å²) >= 11 is 3.85. The van der Waals surface area contributed by atoms with Gasteiger partial charge < -0.3 is 0 Å². The second-order valence-electron chi connectivity index (χ2n) is 3.79. The topological polar surface area (TPSA) is 0 Å². The Hall–Kier alpha value is -0.771. The van der Waals surface area contributed by atoms with Crippen LogP contribution in [0.2, 0.25) is 0 Å². The van der Waals surface area contributed by atoms with Crippen LogP contribution in [0.5, 0.6) is 0 Å². The first-order valence-corrected chi connectivity index (χ1v) is 7.55. The van der Waals surface area contributed by atoms with Gasteiger partial charge in [0.1, 0.15) is 0 Å². The molecule has 1 aromatic carbocycles. The number of halogens is 6. The van der Waals surface area contributed by atoms with Crippen molar-refractivity contribution in [2.75, 3.05) is 0 Å². The van der Waals surface area contributed by atoms with Crippen LogP contribution < -0.4 is 4.46 Å². The van der Waals surface area contributed by atoms with Crippen LogP contribution in [0.4, 0.5) is 25.2 Å². The second-order valence-corrected chi connectivity index (χ2v) is 6.35. The van der Waals surface area contributed by atoms with Crippen LogP contribution in [-0.4, -0.2) is 0 Å². The fourth-order valence-electron chi connectivity index (χ4n) is 1.34. The van der Waals surface area contributed by atoms with E-state index in [2.05, 4.69) is 64.6 Å². The van der Waals surface area contributed by atoms with Crippen LogP contribution in [0.1, 0.15) is 11.5 Å². The van der Waals surface area contributed by atoms with Crippen LogP contribution in [0.25, 0.3) is 0 Å². The van der Waals surface area contributed by atoms with Crippen molar-refractivity contribution in [1.82, 2.24) is 0 Å². The van der Waals surface area contributed by atoms with Crippen molar-refractivity contribution in [3.05, 3.63) is 54.1 Å². The van der Waals surface area contributed by atoms with Crippen LogP contribution >= 0.6 is 7.81 Å². The molecule has 0 nitrogen and oxygen atoms in total. The SMILES string of the molecule is F[P-](F)(F)(F)(F)F.[Fe][c]1ccc(C2C=CC=C2)cc1. The van der Waals surface area contributed by atoms with Crippen molar-refractivity contribution in [2.24, 2.45) is 0 Å². The van der Waals surface area contributed by atoms with Gasteiger partial charge in [-0.1, -0.05) is 0 Å². The van der Waals surface area contributed by atoms with Gasteiger partial charge in [-0.25, -0.2) is 0 Å². The predicted molar refractivity (Wildman–Crippen MR) is 60.7 cm³/mol. The minimum absolute atomic E-state index is 0.477. The summed E-state index contributed by atoms with van der Waals surface area (Å²) in [6.07, 6.45) is 8.56. The third kappa shape index (κ3) is 9.77. The minimum atomic E-state index is -10.7. The Morgan fingerprint density at radius 3 is 1.53 bits per heavy atom. The molecule has 0 heterocycles. The molecule has 0 amide bonds. The standard InChI is InChI=1S/C11H9.F6P.Fe/c1-2-6-10(7-3-1)11-8-4-5-9-11;1-7(2,3,4,5)6;/h2-9,11H;;/q;-1;. The first kappa shape index (κ1) is 16.3. The second kappa shape index (κ2) is 4.65. The summed E-state index contributed by atoms with van der Waals surface area (Å²) in [6, 6.07) is 8.37. The fourth-order valence-corrected chi connectivity index (χ4v) is 1.52. The van der Waals surface area contributed by atoms with Crippen molar-refractivity contribution >= 4 is 12.3 Å². The van der Waals surface area contributed by atoms with E-state index >= 15 is 0 Å². The molecule has 0 bridgehead atoms. The molecule has 0 unspecified atom stereocenters. The maximum absolute atomic E-state index is 10.7. The van der Waals surface area contributed by atoms with Gasteiger partial charge >= 0.3 is 114 Å². The van der Waals surface area contributed by atoms with Gasteiger partial charge in [0.25, 0.3) is 0 Å². The van der Waals surface area contributed by atoms with Gasteiger partial charge in [-0.3, -0.25) is 0 Å². The van der Waals surface area contributed by atoms with Crippen LogP contribution in [0.15, 0.2) is 48.6 Å². The summed E-state index contributed by atoms with van der Waals surface area (Å²) in [5.41, 5.74) is 1.34. The van der Waals surface area contributed by atoms with E-state index in [1.807, 2.05) is 0 Å². The quantitative estimate of drug-likeness (QED) is 0.362. The number of benzene rings is 1. The molecule has 0 aromatic heterocycles. The van der Waals surface area contributed by atoms with Crippen molar-refractivity contribution in [1.29, 1.82) is 0 Å². The van der Waals surface area contributed by atoms with E-state index < -0.39 is 7.81 Å². The molecule has 109 valence electrons. The summed E-state index contributed by atoms with van der Waals surface area (Å²) in [4.78, 5) is 0. The first-order chi connectivity index (χ1) is 8.31. The van der Waals surface area contributed by atoms with Gasteiger partial charge in [-0.15, -0.1) is 0 Å². The zero-order valence-electron chi connectivity index (χ0n) is 9.26. The number of rotatable bonds is 1.